The zero-order valence-electron chi connectivity index (χ0n) is 16.1. The quantitative estimate of drug-likeness (QED) is 0.130. The number of amides is 1. The minimum Gasteiger partial charge on any atom is -0.479 e. The van der Waals surface area contributed by atoms with Crippen molar-refractivity contribution in [1.29, 1.82) is 0 Å². The highest BCUT2D eigenvalue weighted by Crippen LogP contribution is 2.51. The molecule has 0 bridgehead atoms. The highest BCUT2D eigenvalue weighted by molar-refractivity contribution is 5.90. The van der Waals surface area contributed by atoms with Crippen LogP contribution in [0.15, 0.2) is 18.2 Å². The summed E-state index contributed by atoms with van der Waals surface area (Å²) in [4.78, 5) is 45.0. The molecule has 1 aliphatic heterocycles. The minimum atomic E-state index is -1.52. The van der Waals surface area contributed by atoms with E-state index in [1.807, 2.05) is 6.07 Å². The van der Waals surface area contributed by atoms with Gasteiger partial charge in [0.05, 0.1) is 0 Å². The fourth-order valence-corrected chi connectivity index (χ4v) is 4.25. The lowest BCUT2D eigenvalue weighted by atomic mass is 9.71. The van der Waals surface area contributed by atoms with Crippen LogP contribution in [0.2, 0.25) is 0 Å². The van der Waals surface area contributed by atoms with Crippen LogP contribution in [0.5, 0.6) is 5.75 Å². The van der Waals surface area contributed by atoms with Gasteiger partial charge < -0.3 is 20.9 Å². The second kappa shape index (κ2) is 9.34. The van der Waals surface area contributed by atoms with Crippen LogP contribution in [0.4, 0.5) is 0 Å². The SMILES string of the molecule is NCC1CCC(C2(OOCC(=O)O)C(=O)Oc3c(CCNC=O)cccc32)CC1. The standard InChI is InChI=1S/C20H26N2O7/c21-10-13-4-6-15(7-5-13)20(29-27-11-17(24)25)16-3-1-2-14(8-9-22-12-23)18(16)28-19(20)26/h1-3,12-13,15H,4-11,21H2,(H,22,23)(H,24,25). The van der Waals surface area contributed by atoms with Crippen LogP contribution in [0.25, 0.3) is 0 Å². The van der Waals surface area contributed by atoms with Crippen molar-refractivity contribution in [3.63, 3.8) is 0 Å². The Balaban J connectivity index is 1.93. The largest absolute Gasteiger partial charge is 0.479 e. The monoisotopic (exact) mass is 406 g/mol. The number of aliphatic carboxylic acids is 1. The Morgan fingerprint density at radius 2 is 2.10 bits per heavy atom. The molecule has 9 heteroatoms. The van der Waals surface area contributed by atoms with E-state index in [-0.39, 0.29) is 5.92 Å². The fourth-order valence-electron chi connectivity index (χ4n) is 4.25. The highest BCUT2D eigenvalue weighted by atomic mass is 17.2. The molecular weight excluding hydrogens is 380 g/mol. The first-order valence-corrected chi connectivity index (χ1v) is 9.77. The van der Waals surface area contributed by atoms with Crippen molar-refractivity contribution in [3.8, 4) is 5.75 Å². The van der Waals surface area contributed by atoms with Crippen LogP contribution in [-0.2, 0) is 36.2 Å². The number of rotatable bonds is 10. The second-order valence-corrected chi connectivity index (χ2v) is 7.43. The van der Waals surface area contributed by atoms with Crippen LogP contribution in [0.3, 0.4) is 0 Å². The van der Waals surface area contributed by atoms with Crippen molar-refractivity contribution < 1.29 is 34.0 Å². The van der Waals surface area contributed by atoms with Crippen molar-refractivity contribution in [3.05, 3.63) is 29.3 Å². The maximum Gasteiger partial charge on any atom is 0.352 e. The van der Waals surface area contributed by atoms with Gasteiger partial charge in [0.2, 0.25) is 12.0 Å². The van der Waals surface area contributed by atoms with Crippen molar-refractivity contribution in [2.45, 2.75) is 37.7 Å². The number of ether oxygens (including phenoxy) is 1. The lowest BCUT2D eigenvalue weighted by Crippen LogP contribution is -2.46. The van der Waals surface area contributed by atoms with E-state index in [1.54, 1.807) is 12.1 Å². The first kappa shape index (κ1) is 21.2. The Morgan fingerprint density at radius 3 is 2.76 bits per heavy atom. The van der Waals surface area contributed by atoms with Gasteiger partial charge >= 0.3 is 11.9 Å². The number of carboxylic acids is 1. The van der Waals surface area contributed by atoms with Crippen LogP contribution in [0, 0.1) is 11.8 Å². The molecule has 4 N–H and O–H groups in total. The molecular formula is C20H26N2O7. The summed E-state index contributed by atoms with van der Waals surface area (Å²) in [5.41, 5.74) is 5.56. The van der Waals surface area contributed by atoms with Gasteiger partial charge in [-0.1, -0.05) is 18.2 Å². The van der Waals surface area contributed by atoms with E-state index < -0.39 is 24.1 Å². The number of para-hydroxylation sites is 1. The number of fused-ring (bicyclic) bond motifs is 1. The molecule has 3 rings (SSSR count). The van der Waals surface area contributed by atoms with Gasteiger partial charge in [-0.15, -0.1) is 0 Å². The molecule has 1 unspecified atom stereocenters. The Kier molecular flexibility index (Phi) is 6.83. The summed E-state index contributed by atoms with van der Waals surface area (Å²) in [5.74, 6) is -1.25. The maximum absolute atomic E-state index is 13.1. The van der Waals surface area contributed by atoms with E-state index in [0.717, 1.165) is 18.4 Å². The number of benzene rings is 1. The predicted molar refractivity (Wildman–Crippen MR) is 101 cm³/mol. The molecule has 1 fully saturated rings. The Labute approximate surface area is 168 Å². The van der Waals surface area contributed by atoms with Crippen molar-refractivity contribution in [1.82, 2.24) is 5.32 Å². The van der Waals surface area contributed by atoms with E-state index in [4.69, 9.17) is 25.4 Å². The van der Waals surface area contributed by atoms with Crippen LogP contribution < -0.4 is 15.8 Å². The Morgan fingerprint density at radius 1 is 1.34 bits per heavy atom. The third kappa shape index (κ3) is 4.26. The topological polar surface area (TPSA) is 137 Å². The molecule has 158 valence electrons. The average molecular weight is 406 g/mol. The van der Waals surface area contributed by atoms with E-state index in [2.05, 4.69) is 5.32 Å². The average Bonchev–Trinajstić information content (AvgIpc) is 3.01. The first-order valence-electron chi connectivity index (χ1n) is 9.77. The highest BCUT2D eigenvalue weighted by Gasteiger charge is 2.58. The molecule has 1 aromatic rings. The van der Waals surface area contributed by atoms with Gasteiger partial charge in [0.1, 0.15) is 5.75 Å². The number of hydrogen-bond acceptors (Lipinski definition) is 7. The number of carboxylic acid groups (broad SMARTS) is 1. The summed E-state index contributed by atoms with van der Waals surface area (Å²) >= 11 is 0. The number of esters is 1. The summed E-state index contributed by atoms with van der Waals surface area (Å²) in [7, 11) is 0. The number of hydrogen-bond donors (Lipinski definition) is 3. The van der Waals surface area contributed by atoms with E-state index in [1.165, 1.54) is 0 Å². The smallest absolute Gasteiger partial charge is 0.352 e. The molecule has 0 aromatic heterocycles. The Bertz CT molecular complexity index is 761. The fraction of sp³-hybridized carbons (Fsp3) is 0.550. The van der Waals surface area contributed by atoms with Gasteiger partial charge in [0, 0.05) is 18.0 Å². The number of carbonyl (C=O) groups excluding carboxylic acids is 2. The number of nitrogens with two attached hydrogens (primary N) is 1. The number of nitrogens with one attached hydrogen (secondary N) is 1. The molecule has 1 aliphatic carbocycles. The lowest BCUT2D eigenvalue weighted by molar-refractivity contribution is -0.365. The summed E-state index contributed by atoms with van der Waals surface area (Å²) < 4.78 is 5.62. The molecule has 1 heterocycles. The van der Waals surface area contributed by atoms with Crippen molar-refractivity contribution in [2.75, 3.05) is 19.7 Å². The third-order valence-electron chi connectivity index (χ3n) is 5.74. The van der Waals surface area contributed by atoms with E-state index in [0.29, 0.717) is 56.0 Å². The molecule has 1 amide bonds. The zero-order chi connectivity index (χ0) is 20.9. The van der Waals surface area contributed by atoms with Crippen LogP contribution in [-0.4, -0.2) is 43.2 Å². The zero-order valence-corrected chi connectivity index (χ0v) is 16.1. The second-order valence-electron chi connectivity index (χ2n) is 7.43. The van der Waals surface area contributed by atoms with Gasteiger partial charge in [0.25, 0.3) is 0 Å². The van der Waals surface area contributed by atoms with Gasteiger partial charge in [-0.25, -0.2) is 19.4 Å². The molecule has 0 saturated heterocycles. The minimum absolute atomic E-state index is 0.226. The molecule has 0 spiro atoms. The summed E-state index contributed by atoms with van der Waals surface area (Å²) in [5, 5.41) is 11.5. The van der Waals surface area contributed by atoms with Crippen molar-refractivity contribution >= 4 is 18.3 Å². The normalized spacial score (nSPS) is 25.9. The van der Waals surface area contributed by atoms with Crippen LogP contribution >= 0.6 is 0 Å². The molecule has 1 atom stereocenters. The summed E-state index contributed by atoms with van der Waals surface area (Å²) in [6.45, 7) is 0.291. The summed E-state index contributed by atoms with van der Waals surface area (Å²) in [6, 6.07) is 5.35. The molecule has 1 saturated carbocycles. The summed E-state index contributed by atoms with van der Waals surface area (Å²) in [6.07, 6.45) is 4.14. The first-order chi connectivity index (χ1) is 14.0. The van der Waals surface area contributed by atoms with Gasteiger partial charge in [-0.2, -0.15) is 0 Å². The van der Waals surface area contributed by atoms with Gasteiger partial charge in [-0.05, 0) is 50.1 Å². The molecule has 9 nitrogen and oxygen atoms in total. The van der Waals surface area contributed by atoms with Crippen LogP contribution in [0.1, 0.15) is 36.8 Å². The maximum atomic E-state index is 13.1. The molecule has 0 radical (unpaired) electrons. The number of carbonyl (C=O) groups is 3. The molecule has 29 heavy (non-hydrogen) atoms. The Hall–Kier alpha value is -2.49. The van der Waals surface area contributed by atoms with Crippen molar-refractivity contribution in [2.24, 2.45) is 17.6 Å². The van der Waals surface area contributed by atoms with Gasteiger partial charge in [-0.3, -0.25) is 4.79 Å². The predicted octanol–water partition coefficient (Wildman–Crippen LogP) is 0.887. The van der Waals surface area contributed by atoms with E-state index in [9.17, 15) is 14.4 Å². The molecule has 2 aliphatic rings. The lowest BCUT2D eigenvalue weighted by Gasteiger charge is -2.37. The van der Waals surface area contributed by atoms with Gasteiger partial charge in [0.15, 0.2) is 6.61 Å². The third-order valence-corrected chi connectivity index (χ3v) is 5.74. The molecule has 1 aromatic carbocycles. The van der Waals surface area contributed by atoms with E-state index >= 15 is 0 Å².